The lowest BCUT2D eigenvalue weighted by Crippen LogP contribution is -2.17. The average Bonchev–Trinajstić information content (AvgIpc) is 2.79. The van der Waals surface area contributed by atoms with Gasteiger partial charge in [0, 0.05) is 10.4 Å². The highest BCUT2D eigenvalue weighted by Crippen LogP contribution is 2.33. The molecule has 0 radical (unpaired) electrons. The molecule has 2 nitrogen and oxygen atoms in total. The minimum atomic E-state index is 0.214. The van der Waals surface area contributed by atoms with Crippen molar-refractivity contribution in [3.8, 4) is 0 Å². The first-order valence-corrected chi connectivity index (χ1v) is 6.28. The fourth-order valence-electron chi connectivity index (χ4n) is 1.69. The summed E-state index contributed by atoms with van der Waals surface area (Å²) in [6, 6.07) is 4.37. The summed E-state index contributed by atoms with van der Waals surface area (Å²) in [5.41, 5.74) is 2.46. The van der Waals surface area contributed by atoms with Gasteiger partial charge in [0.15, 0.2) is 0 Å². The molecule has 0 spiro atoms. The van der Waals surface area contributed by atoms with Gasteiger partial charge in [0.05, 0.1) is 22.4 Å². The molecule has 0 saturated heterocycles. The van der Waals surface area contributed by atoms with E-state index < -0.39 is 0 Å². The summed E-state index contributed by atoms with van der Waals surface area (Å²) in [4.78, 5) is 1.32. The molecule has 1 atom stereocenters. The predicted molar refractivity (Wildman–Crippen MR) is 66.4 cm³/mol. The first-order chi connectivity index (χ1) is 7.22. The second kappa shape index (κ2) is 4.51. The largest absolute Gasteiger partial charge is 0.472 e. The summed E-state index contributed by atoms with van der Waals surface area (Å²) in [5.74, 6) is 0. The maximum absolute atomic E-state index is 5.12. The van der Waals surface area contributed by atoms with Crippen LogP contribution in [0.4, 0.5) is 0 Å². The van der Waals surface area contributed by atoms with Gasteiger partial charge in [-0.1, -0.05) is 0 Å². The Morgan fingerprint density at radius 2 is 2.33 bits per heavy atom. The highest BCUT2D eigenvalue weighted by molar-refractivity contribution is 9.11. The van der Waals surface area contributed by atoms with E-state index in [9.17, 15) is 0 Å². The Labute approximate surface area is 101 Å². The summed E-state index contributed by atoms with van der Waals surface area (Å²) in [6.07, 6.45) is 3.49. The van der Waals surface area contributed by atoms with Crippen molar-refractivity contribution in [3.63, 3.8) is 0 Å². The molecular weight excluding hydrogens is 274 g/mol. The molecule has 4 heteroatoms. The van der Waals surface area contributed by atoms with Crippen LogP contribution in [0.15, 0.2) is 32.9 Å². The molecule has 2 aromatic heterocycles. The van der Waals surface area contributed by atoms with Crippen LogP contribution in [0.2, 0.25) is 0 Å². The van der Waals surface area contributed by atoms with Crippen LogP contribution in [0.3, 0.4) is 0 Å². The van der Waals surface area contributed by atoms with Crippen LogP contribution in [0, 0.1) is 6.92 Å². The first-order valence-electron chi connectivity index (χ1n) is 4.67. The van der Waals surface area contributed by atoms with Gasteiger partial charge in [-0.15, -0.1) is 11.3 Å². The van der Waals surface area contributed by atoms with Crippen molar-refractivity contribution in [1.82, 2.24) is 5.32 Å². The third kappa shape index (κ3) is 2.17. The van der Waals surface area contributed by atoms with E-state index >= 15 is 0 Å². The number of rotatable bonds is 3. The molecule has 2 heterocycles. The minimum Gasteiger partial charge on any atom is -0.472 e. The second-order valence-electron chi connectivity index (χ2n) is 3.34. The highest BCUT2D eigenvalue weighted by Gasteiger charge is 2.17. The quantitative estimate of drug-likeness (QED) is 0.930. The van der Waals surface area contributed by atoms with Gasteiger partial charge >= 0.3 is 0 Å². The minimum absolute atomic E-state index is 0.214. The Hall–Kier alpha value is -0.580. The van der Waals surface area contributed by atoms with Gasteiger partial charge in [-0.3, -0.25) is 0 Å². The maximum Gasteiger partial charge on any atom is 0.0953 e. The molecule has 2 rings (SSSR count). The summed E-state index contributed by atoms with van der Waals surface area (Å²) in [6.45, 7) is 2.13. The monoisotopic (exact) mass is 285 g/mol. The molecule has 0 aromatic carbocycles. The van der Waals surface area contributed by atoms with Gasteiger partial charge < -0.3 is 9.73 Å². The number of thiophene rings is 1. The Balaban J connectivity index is 2.39. The molecule has 0 fully saturated rings. The molecule has 0 bridgehead atoms. The molecule has 80 valence electrons. The van der Waals surface area contributed by atoms with Crippen LogP contribution in [-0.4, -0.2) is 7.05 Å². The molecule has 2 aromatic rings. The van der Waals surface area contributed by atoms with E-state index in [0.717, 1.165) is 5.56 Å². The molecule has 1 N–H and O–H groups in total. The van der Waals surface area contributed by atoms with Crippen LogP contribution < -0.4 is 5.32 Å². The summed E-state index contributed by atoms with van der Waals surface area (Å²) in [5, 5.41) is 3.30. The zero-order valence-electron chi connectivity index (χ0n) is 8.58. The van der Waals surface area contributed by atoms with Gasteiger partial charge in [-0.05, 0) is 47.6 Å². The van der Waals surface area contributed by atoms with Gasteiger partial charge in [0.25, 0.3) is 0 Å². The zero-order chi connectivity index (χ0) is 10.8. The number of halogens is 1. The molecule has 0 aliphatic rings. The fourth-order valence-corrected chi connectivity index (χ4v) is 3.43. The van der Waals surface area contributed by atoms with Crippen molar-refractivity contribution >= 4 is 27.3 Å². The van der Waals surface area contributed by atoms with E-state index in [1.54, 1.807) is 23.9 Å². The number of nitrogens with one attached hydrogen (secondary N) is 1. The third-order valence-corrected chi connectivity index (χ3v) is 3.97. The Morgan fingerprint density at radius 3 is 2.80 bits per heavy atom. The topological polar surface area (TPSA) is 25.2 Å². The molecule has 0 saturated carbocycles. The van der Waals surface area contributed by atoms with Crippen LogP contribution in [0.25, 0.3) is 0 Å². The van der Waals surface area contributed by atoms with Crippen molar-refractivity contribution in [3.05, 3.63) is 44.4 Å². The highest BCUT2D eigenvalue weighted by atomic mass is 79.9. The Bertz CT molecular complexity index is 435. The predicted octanol–water partition coefficient (Wildman–Crippen LogP) is 3.72. The van der Waals surface area contributed by atoms with Crippen LogP contribution in [0.5, 0.6) is 0 Å². The van der Waals surface area contributed by atoms with Gasteiger partial charge in [0.1, 0.15) is 0 Å². The third-order valence-electron chi connectivity index (χ3n) is 2.40. The van der Waals surface area contributed by atoms with Crippen molar-refractivity contribution in [2.45, 2.75) is 13.0 Å². The maximum atomic E-state index is 5.12. The number of hydrogen-bond acceptors (Lipinski definition) is 3. The molecule has 1 unspecified atom stereocenters. The fraction of sp³-hybridized carbons (Fsp3) is 0.273. The van der Waals surface area contributed by atoms with Gasteiger partial charge in [-0.2, -0.15) is 0 Å². The summed E-state index contributed by atoms with van der Waals surface area (Å²) < 4.78 is 6.28. The Morgan fingerprint density at radius 1 is 1.53 bits per heavy atom. The smallest absolute Gasteiger partial charge is 0.0953 e. The van der Waals surface area contributed by atoms with Crippen LogP contribution in [0.1, 0.15) is 22.0 Å². The van der Waals surface area contributed by atoms with Crippen molar-refractivity contribution < 1.29 is 4.42 Å². The van der Waals surface area contributed by atoms with Crippen LogP contribution in [-0.2, 0) is 0 Å². The number of aryl methyl sites for hydroxylation is 1. The molecule has 0 aliphatic heterocycles. The number of hydrogen-bond donors (Lipinski definition) is 1. The average molecular weight is 286 g/mol. The lowest BCUT2D eigenvalue weighted by molar-refractivity contribution is 0.557. The molecular formula is C11H12BrNOS. The molecule has 0 aliphatic carbocycles. The summed E-state index contributed by atoms with van der Waals surface area (Å²) >= 11 is 5.27. The first kappa shape index (κ1) is 10.9. The van der Waals surface area contributed by atoms with E-state index in [1.165, 1.54) is 14.2 Å². The molecule has 0 amide bonds. The van der Waals surface area contributed by atoms with Crippen molar-refractivity contribution in [2.75, 3.05) is 7.05 Å². The van der Waals surface area contributed by atoms with Crippen LogP contribution >= 0.6 is 27.3 Å². The van der Waals surface area contributed by atoms with Crippen molar-refractivity contribution in [1.29, 1.82) is 0 Å². The van der Waals surface area contributed by atoms with E-state index in [2.05, 4.69) is 34.2 Å². The standard InChI is InChI=1S/C11H12BrNOS/c1-7-9(5-10(12)15-7)11(13-2)8-3-4-14-6-8/h3-6,11,13H,1-2H3. The van der Waals surface area contributed by atoms with E-state index in [1.807, 2.05) is 13.1 Å². The van der Waals surface area contributed by atoms with Gasteiger partial charge in [0.2, 0.25) is 0 Å². The lowest BCUT2D eigenvalue weighted by atomic mass is 10.0. The number of furan rings is 1. The summed E-state index contributed by atoms with van der Waals surface area (Å²) in [7, 11) is 1.96. The van der Waals surface area contributed by atoms with Gasteiger partial charge in [-0.25, -0.2) is 0 Å². The second-order valence-corrected chi connectivity index (χ2v) is 5.98. The molecule has 15 heavy (non-hydrogen) atoms. The van der Waals surface area contributed by atoms with E-state index in [-0.39, 0.29) is 6.04 Å². The lowest BCUT2D eigenvalue weighted by Gasteiger charge is -2.13. The Kier molecular flexibility index (Phi) is 3.29. The normalized spacial score (nSPS) is 13.0. The SMILES string of the molecule is CNC(c1ccoc1)c1cc(Br)sc1C. The van der Waals surface area contributed by atoms with E-state index in [0.29, 0.717) is 0 Å². The van der Waals surface area contributed by atoms with Crippen molar-refractivity contribution in [2.24, 2.45) is 0 Å². The zero-order valence-corrected chi connectivity index (χ0v) is 11.0. The van der Waals surface area contributed by atoms with E-state index in [4.69, 9.17) is 4.42 Å².